The van der Waals surface area contributed by atoms with Crippen LogP contribution in [0.3, 0.4) is 0 Å². The fraction of sp³-hybridized carbons (Fsp3) is 0.500. The predicted octanol–water partition coefficient (Wildman–Crippen LogP) is -6.12. The summed E-state index contributed by atoms with van der Waals surface area (Å²) < 4.78 is 22.1. The first-order valence-electron chi connectivity index (χ1n) is 12.2. The molecule has 0 aromatic carbocycles. The molecule has 0 bridgehead atoms. The van der Waals surface area contributed by atoms with Gasteiger partial charge in [-0.15, -0.1) is 13.2 Å². The van der Waals surface area contributed by atoms with Crippen LogP contribution in [-0.2, 0) is 38.1 Å². The number of nitrogens with two attached hydrogens (primary N) is 4. The summed E-state index contributed by atoms with van der Waals surface area (Å²) >= 11 is 0. The zero-order valence-electron chi connectivity index (χ0n) is 21.6. The number of guanidine groups is 2. The number of hydrogen-bond acceptors (Lipinski definition) is 8. The molecule has 0 aliphatic carbocycles. The molecule has 0 aromatic heterocycles. The minimum atomic E-state index is -1.46. The lowest BCUT2D eigenvalue weighted by Gasteiger charge is -2.20. The van der Waals surface area contributed by atoms with Crippen molar-refractivity contribution in [3.05, 3.63) is 37.5 Å². The second-order valence-corrected chi connectivity index (χ2v) is 8.87. The van der Waals surface area contributed by atoms with E-state index in [4.69, 9.17) is 41.9 Å². The lowest BCUT2D eigenvalue weighted by Crippen LogP contribution is -2.79. The lowest BCUT2D eigenvalue weighted by molar-refractivity contribution is -0.462. The summed E-state index contributed by atoms with van der Waals surface area (Å²) in [5.41, 5.74) is 21.3. The van der Waals surface area contributed by atoms with Gasteiger partial charge < -0.3 is 29.2 Å². The lowest BCUT2D eigenvalue weighted by atomic mass is 9.85. The van der Waals surface area contributed by atoms with E-state index in [0.717, 1.165) is 0 Å². The Hall–Kier alpha value is -4.44. The first-order valence-corrected chi connectivity index (χ1v) is 12.2. The third kappa shape index (κ3) is 8.03. The van der Waals surface area contributed by atoms with E-state index in [0.29, 0.717) is 0 Å². The Balaban J connectivity index is 2.34. The molecule has 40 heavy (non-hydrogen) atoms. The summed E-state index contributed by atoms with van der Waals surface area (Å²) in [7, 11) is 0. The van der Waals surface area contributed by atoms with Gasteiger partial charge in [-0.25, -0.2) is 0 Å². The molecule has 8 atom stereocenters. The van der Waals surface area contributed by atoms with E-state index < -0.39 is 72.0 Å². The average Bonchev–Trinajstić information content (AvgIpc) is 3.46. The van der Waals surface area contributed by atoms with Crippen molar-refractivity contribution in [1.82, 2.24) is 0 Å². The number of rotatable bonds is 14. The Bertz CT molecular complexity index is 1070. The van der Waals surface area contributed by atoms with Crippen molar-refractivity contribution in [2.24, 2.45) is 46.6 Å². The molecule has 2 saturated heterocycles. The average molecular weight is 569 g/mol. The zero-order chi connectivity index (χ0) is 30.0. The van der Waals surface area contributed by atoms with Crippen LogP contribution in [-0.4, -0.2) is 96.7 Å². The molecule has 0 saturated carbocycles. The van der Waals surface area contributed by atoms with E-state index in [1.165, 1.54) is 24.3 Å². The van der Waals surface area contributed by atoms with Crippen molar-refractivity contribution in [3.8, 4) is 0 Å². The zero-order valence-corrected chi connectivity index (χ0v) is 21.6. The highest BCUT2D eigenvalue weighted by molar-refractivity contribution is 5.85. The van der Waals surface area contributed by atoms with E-state index in [2.05, 4.69) is 23.1 Å². The SMILES string of the molecule is C=CC1OC(/C=C\C2OC(C=C)C(C(=O)OCC[NH+]=C(N)N)C2C(=O)OCC[NH+]=C(N)N)C(C(=O)O)C1C(=O)O. The molecule has 8 unspecified atom stereocenters. The fourth-order valence-corrected chi connectivity index (χ4v) is 4.51. The Kier molecular flexibility index (Phi) is 11.6. The number of carboxylic acid groups (broad SMARTS) is 2. The van der Waals surface area contributed by atoms with Crippen molar-refractivity contribution in [1.29, 1.82) is 0 Å². The van der Waals surface area contributed by atoms with Crippen molar-refractivity contribution in [3.63, 3.8) is 0 Å². The Morgan fingerprint density at radius 3 is 1.40 bits per heavy atom. The van der Waals surface area contributed by atoms with Crippen molar-refractivity contribution in [2.45, 2.75) is 24.4 Å². The maximum atomic E-state index is 13.2. The van der Waals surface area contributed by atoms with Crippen molar-refractivity contribution in [2.75, 3.05) is 26.3 Å². The third-order valence-electron chi connectivity index (χ3n) is 6.24. The maximum Gasteiger partial charge on any atom is 0.338 e. The summed E-state index contributed by atoms with van der Waals surface area (Å²) in [6, 6.07) is 0. The van der Waals surface area contributed by atoms with Gasteiger partial charge in [0, 0.05) is 0 Å². The number of nitrogens with one attached hydrogen (secondary N) is 2. The molecule has 220 valence electrons. The fourth-order valence-electron chi connectivity index (χ4n) is 4.51. The Morgan fingerprint density at radius 2 is 1.02 bits per heavy atom. The molecule has 0 spiro atoms. The van der Waals surface area contributed by atoms with Crippen LogP contribution in [0.5, 0.6) is 0 Å². The van der Waals surface area contributed by atoms with Crippen LogP contribution in [0.15, 0.2) is 37.5 Å². The minimum absolute atomic E-state index is 0.0718. The molecule has 2 fully saturated rings. The van der Waals surface area contributed by atoms with Gasteiger partial charge in [-0.05, 0) is 0 Å². The highest BCUT2D eigenvalue weighted by atomic mass is 16.6. The van der Waals surface area contributed by atoms with Crippen LogP contribution in [0.2, 0.25) is 0 Å². The van der Waals surface area contributed by atoms with Gasteiger partial charge >= 0.3 is 35.8 Å². The van der Waals surface area contributed by atoms with E-state index in [9.17, 15) is 29.4 Å². The van der Waals surface area contributed by atoms with E-state index in [1.807, 2.05) is 0 Å². The second-order valence-electron chi connectivity index (χ2n) is 8.87. The van der Waals surface area contributed by atoms with E-state index in [1.54, 1.807) is 0 Å². The van der Waals surface area contributed by atoms with Crippen LogP contribution >= 0.6 is 0 Å². The summed E-state index contributed by atoms with van der Waals surface area (Å²) in [6.45, 7) is 7.08. The molecule has 0 radical (unpaired) electrons. The molecular weight excluding hydrogens is 532 g/mol. The van der Waals surface area contributed by atoms with E-state index in [-0.39, 0.29) is 38.2 Å². The first-order chi connectivity index (χ1) is 18.9. The minimum Gasteiger partial charge on any atom is -0.481 e. The van der Waals surface area contributed by atoms with Gasteiger partial charge in [0.25, 0.3) is 0 Å². The summed E-state index contributed by atoms with van der Waals surface area (Å²) in [5.74, 6) is -9.83. The molecule has 2 heterocycles. The van der Waals surface area contributed by atoms with Crippen molar-refractivity contribution >= 4 is 35.8 Å². The number of esters is 2. The van der Waals surface area contributed by atoms with E-state index >= 15 is 0 Å². The largest absolute Gasteiger partial charge is 0.481 e. The van der Waals surface area contributed by atoms with Gasteiger partial charge in [0.2, 0.25) is 0 Å². The molecule has 2 rings (SSSR count). The quantitative estimate of drug-likeness (QED) is 0.0318. The first kappa shape index (κ1) is 31.8. The highest BCUT2D eigenvalue weighted by Crippen LogP contribution is 2.38. The standard InChI is InChI=1S/C24H34N6O10/c1-3-11-15(19(31)32)16(20(33)34)13(39-11)5-6-14-18(22(36)38-10-8-30-24(27)28)17(12(4-2)40-14)21(35)37-9-7-29-23(25)26/h3-6,11-18H,1-2,7-10H2,(H,31,32)(H,33,34)(H4,25,26,29)(H4,27,28,30)/p+2/b6-5-. The molecule has 12 N–H and O–H groups in total. The number of carbonyl (C=O) groups excluding carboxylic acids is 2. The smallest absolute Gasteiger partial charge is 0.338 e. The topological polar surface area (TPSA) is 278 Å². The van der Waals surface area contributed by atoms with Gasteiger partial charge in [0.05, 0.1) is 37.5 Å². The molecule has 16 heteroatoms. The molecular formula is C24H36N6O10+2. The Morgan fingerprint density at radius 1 is 0.675 bits per heavy atom. The third-order valence-corrected chi connectivity index (χ3v) is 6.24. The molecule has 0 aromatic rings. The van der Waals surface area contributed by atoms with Gasteiger partial charge in [0.15, 0.2) is 0 Å². The van der Waals surface area contributed by atoms with Gasteiger partial charge in [0.1, 0.15) is 36.9 Å². The molecule has 2 aliphatic heterocycles. The van der Waals surface area contributed by atoms with Crippen LogP contribution in [0.25, 0.3) is 0 Å². The predicted molar refractivity (Wildman–Crippen MR) is 136 cm³/mol. The van der Waals surface area contributed by atoms with Crippen LogP contribution in [0, 0.1) is 23.7 Å². The molecule has 0 amide bonds. The number of carbonyl (C=O) groups is 4. The monoisotopic (exact) mass is 568 g/mol. The van der Waals surface area contributed by atoms with Gasteiger partial charge in [-0.2, -0.15) is 0 Å². The molecule has 2 aliphatic rings. The number of carboxylic acids is 2. The molecule has 16 nitrogen and oxygen atoms in total. The maximum absolute atomic E-state index is 13.2. The number of aliphatic carboxylic acids is 2. The van der Waals surface area contributed by atoms with Crippen LogP contribution in [0.1, 0.15) is 0 Å². The van der Waals surface area contributed by atoms with Crippen LogP contribution in [0.4, 0.5) is 0 Å². The number of ether oxygens (including phenoxy) is 4. The van der Waals surface area contributed by atoms with Crippen molar-refractivity contribution < 1.29 is 58.3 Å². The summed E-state index contributed by atoms with van der Waals surface area (Å²) in [5, 5.41) is 19.3. The Labute approximate surface area is 229 Å². The van der Waals surface area contributed by atoms with Crippen LogP contribution < -0.4 is 32.9 Å². The summed E-state index contributed by atoms with van der Waals surface area (Å²) in [6.07, 6.45) is 0.749. The highest BCUT2D eigenvalue weighted by Gasteiger charge is 2.53. The second kappa shape index (κ2) is 14.6. The summed E-state index contributed by atoms with van der Waals surface area (Å²) in [4.78, 5) is 55.0. The normalized spacial score (nSPS) is 29.3. The van der Waals surface area contributed by atoms with Gasteiger partial charge in [-0.3, -0.25) is 52.1 Å². The van der Waals surface area contributed by atoms with Gasteiger partial charge in [-0.1, -0.05) is 24.3 Å². The number of hydrogen-bond donors (Lipinski definition) is 8.